The summed E-state index contributed by atoms with van der Waals surface area (Å²) < 4.78 is 86.9. The molecule has 0 saturated heterocycles. The molecule has 0 amide bonds. The third kappa shape index (κ3) is 4.06. The van der Waals surface area contributed by atoms with Crippen molar-refractivity contribution >= 4 is 21.0 Å². The predicted octanol–water partition coefficient (Wildman–Crippen LogP) is 4.07. The van der Waals surface area contributed by atoms with E-state index < -0.39 is 27.2 Å². The van der Waals surface area contributed by atoms with Crippen LogP contribution in [-0.4, -0.2) is 40.8 Å². The first-order valence-corrected chi connectivity index (χ1v) is 10.5. The molecule has 172 valence electrons. The molecule has 33 heavy (non-hydrogen) atoms. The van der Waals surface area contributed by atoms with E-state index in [-0.39, 0.29) is 33.6 Å². The van der Waals surface area contributed by atoms with Crippen molar-refractivity contribution in [2.24, 2.45) is 7.05 Å². The van der Waals surface area contributed by atoms with Gasteiger partial charge >= 0.3 is 15.6 Å². The van der Waals surface area contributed by atoms with Gasteiger partial charge in [0.1, 0.15) is 17.8 Å². The molecule has 0 unspecified atom stereocenters. The van der Waals surface area contributed by atoms with Crippen LogP contribution in [0.25, 0.3) is 33.4 Å². The minimum absolute atomic E-state index is 0.135. The van der Waals surface area contributed by atoms with E-state index in [4.69, 9.17) is 4.74 Å². The van der Waals surface area contributed by atoms with Crippen LogP contribution in [0, 0.1) is 5.82 Å². The van der Waals surface area contributed by atoms with Crippen molar-refractivity contribution in [1.29, 1.82) is 0 Å². The van der Waals surface area contributed by atoms with Gasteiger partial charge in [-0.05, 0) is 18.2 Å². The van der Waals surface area contributed by atoms with Gasteiger partial charge in [-0.3, -0.25) is 4.68 Å². The highest BCUT2D eigenvalue weighted by molar-refractivity contribution is 7.88. The number of halogens is 4. The summed E-state index contributed by atoms with van der Waals surface area (Å²) in [7, 11) is -3.23. The van der Waals surface area contributed by atoms with E-state index in [0.717, 1.165) is 13.2 Å². The maximum Gasteiger partial charge on any atom is 0.534 e. The van der Waals surface area contributed by atoms with Crippen LogP contribution < -0.4 is 8.92 Å². The number of nitrogens with zero attached hydrogens (tertiary/aromatic N) is 4. The second kappa shape index (κ2) is 7.99. The number of methoxy groups -OCH3 is 1. The molecule has 2 heterocycles. The Bertz CT molecular complexity index is 1470. The lowest BCUT2D eigenvalue weighted by atomic mass is 10.0. The van der Waals surface area contributed by atoms with Crippen LogP contribution in [0.15, 0.2) is 48.9 Å². The van der Waals surface area contributed by atoms with Crippen molar-refractivity contribution in [2.75, 3.05) is 7.11 Å². The molecule has 0 aliphatic carbocycles. The first-order valence-electron chi connectivity index (χ1n) is 9.14. The molecule has 8 nitrogen and oxygen atoms in total. The van der Waals surface area contributed by atoms with Gasteiger partial charge < -0.3 is 8.92 Å². The lowest BCUT2D eigenvalue weighted by molar-refractivity contribution is -0.0500. The molecule has 0 bridgehead atoms. The fourth-order valence-electron chi connectivity index (χ4n) is 3.18. The summed E-state index contributed by atoms with van der Waals surface area (Å²) >= 11 is 0. The van der Waals surface area contributed by atoms with E-state index in [1.807, 2.05) is 0 Å². The van der Waals surface area contributed by atoms with Crippen molar-refractivity contribution in [1.82, 2.24) is 19.7 Å². The molecule has 0 fully saturated rings. The first-order chi connectivity index (χ1) is 15.5. The lowest BCUT2D eigenvalue weighted by Gasteiger charge is -2.14. The van der Waals surface area contributed by atoms with Crippen molar-refractivity contribution in [2.45, 2.75) is 5.51 Å². The van der Waals surface area contributed by atoms with E-state index >= 15 is 0 Å². The summed E-state index contributed by atoms with van der Waals surface area (Å²) in [6, 6.07) is 8.13. The van der Waals surface area contributed by atoms with Gasteiger partial charge in [0.25, 0.3) is 0 Å². The van der Waals surface area contributed by atoms with Gasteiger partial charge in [0.15, 0.2) is 11.5 Å². The molecule has 0 spiro atoms. The summed E-state index contributed by atoms with van der Waals surface area (Å²) in [4.78, 5) is 8.26. The smallest absolute Gasteiger partial charge is 0.493 e. The first kappa shape index (κ1) is 22.5. The highest BCUT2D eigenvalue weighted by atomic mass is 32.2. The van der Waals surface area contributed by atoms with Gasteiger partial charge in [-0.25, -0.2) is 14.4 Å². The van der Waals surface area contributed by atoms with Crippen molar-refractivity contribution in [3.8, 4) is 34.0 Å². The molecular formula is C20H14F4N4O4S. The molecule has 0 N–H and O–H groups in total. The quantitative estimate of drug-likeness (QED) is 0.240. The second-order valence-corrected chi connectivity index (χ2v) is 8.31. The molecule has 4 rings (SSSR count). The SMILES string of the molecule is COc1cc2ncnc(-c3cn(C)nc3-c3ccccc3F)c2cc1OS(=O)(=O)C(F)(F)F. The van der Waals surface area contributed by atoms with Crippen LogP contribution >= 0.6 is 0 Å². The Kier molecular flexibility index (Phi) is 5.44. The number of ether oxygens (including phenoxy) is 1. The Morgan fingerprint density at radius 1 is 1.00 bits per heavy atom. The fraction of sp³-hybridized carbons (Fsp3) is 0.150. The zero-order valence-corrected chi connectivity index (χ0v) is 17.8. The van der Waals surface area contributed by atoms with E-state index in [1.165, 1.54) is 35.3 Å². The number of alkyl halides is 3. The molecule has 2 aromatic carbocycles. The number of benzene rings is 2. The molecule has 4 aromatic rings. The topological polar surface area (TPSA) is 96.2 Å². The number of aromatic nitrogens is 4. The maximum absolute atomic E-state index is 14.5. The van der Waals surface area contributed by atoms with Crippen LogP contribution in [0.5, 0.6) is 11.5 Å². The van der Waals surface area contributed by atoms with Gasteiger partial charge in [0.2, 0.25) is 0 Å². The van der Waals surface area contributed by atoms with Crippen molar-refractivity contribution in [3.63, 3.8) is 0 Å². The summed E-state index contributed by atoms with van der Waals surface area (Å²) in [6.45, 7) is 0. The summed E-state index contributed by atoms with van der Waals surface area (Å²) in [5, 5.41) is 4.42. The Labute approximate surface area is 184 Å². The van der Waals surface area contributed by atoms with E-state index in [1.54, 1.807) is 19.3 Å². The molecule has 0 aliphatic heterocycles. The molecule has 0 aliphatic rings. The Hall–Kier alpha value is -3.74. The van der Waals surface area contributed by atoms with Crippen molar-refractivity contribution < 1.29 is 34.9 Å². The Balaban J connectivity index is 1.96. The number of hydrogen-bond acceptors (Lipinski definition) is 7. The van der Waals surface area contributed by atoms with Gasteiger partial charge in [-0.1, -0.05) is 12.1 Å². The number of hydrogen-bond donors (Lipinski definition) is 0. The Morgan fingerprint density at radius 3 is 2.39 bits per heavy atom. The van der Waals surface area contributed by atoms with E-state index in [9.17, 15) is 26.0 Å². The average Bonchev–Trinajstić information content (AvgIpc) is 3.13. The summed E-state index contributed by atoms with van der Waals surface area (Å²) in [5.41, 5.74) is -4.53. The third-order valence-corrected chi connectivity index (χ3v) is 5.58. The van der Waals surface area contributed by atoms with Crippen molar-refractivity contribution in [3.05, 3.63) is 54.7 Å². The molecular weight excluding hydrogens is 468 g/mol. The average molecular weight is 482 g/mol. The summed E-state index contributed by atoms with van der Waals surface area (Å²) in [6.07, 6.45) is 2.74. The molecule has 0 atom stereocenters. The zero-order valence-electron chi connectivity index (χ0n) is 17.0. The molecule has 2 aromatic heterocycles. The van der Waals surface area contributed by atoms with Crippen LogP contribution in [0.1, 0.15) is 0 Å². The number of aryl methyl sites for hydroxylation is 1. The van der Waals surface area contributed by atoms with E-state index in [2.05, 4.69) is 19.2 Å². The van der Waals surface area contributed by atoms with Crippen LogP contribution in [0.4, 0.5) is 17.6 Å². The zero-order chi connectivity index (χ0) is 24.0. The van der Waals surface area contributed by atoms with Gasteiger partial charge in [-0.2, -0.15) is 26.7 Å². The minimum atomic E-state index is -5.97. The number of fused-ring (bicyclic) bond motifs is 1. The third-order valence-electron chi connectivity index (χ3n) is 4.62. The number of rotatable bonds is 5. The van der Waals surface area contributed by atoms with Crippen LogP contribution in [0.2, 0.25) is 0 Å². The molecule has 0 radical (unpaired) electrons. The molecule has 0 saturated carbocycles. The van der Waals surface area contributed by atoms with Crippen LogP contribution in [0.3, 0.4) is 0 Å². The van der Waals surface area contributed by atoms with Crippen LogP contribution in [-0.2, 0) is 17.2 Å². The maximum atomic E-state index is 14.5. The van der Waals surface area contributed by atoms with Gasteiger partial charge in [0, 0.05) is 35.8 Å². The van der Waals surface area contributed by atoms with E-state index in [0.29, 0.717) is 5.56 Å². The monoisotopic (exact) mass is 482 g/mol. The van der Waals surface area contributed by atoms with Gasteiger partial charge in [0.05, 0.1) is 18.3 Å². The lowest BCUT2D eigenvalue weighted by Crippen LogP contribution is -2.28. The normalized spacial score (nSPS) is 12.2. The molecule has 13 heteroatoms. The highest BCUT2D eigenvalue weighted by Gasteiger charge is 2.49. The second-order valence-electron chi connectivity index (χ2n) is 6.77. The predicted molar refractivity (Wildman–Crippen MR) is 109 cm³/mol. The summed E-state index contributed by atoms with van der Waals surface area (Å²) in [5.74, 6) is -1.55. The fourth-order valence-corrected chi connectivity index (χ4v) is 3.64. The van der Waals surface area contributed by atoms with Gasteiger partial charge in [-0.15, -0.1) is 0 Å². The highest BCUT2D eigenvalue weighted by Crippen LogP contribution is 2.40. The minimum Gasteiger partial charge on any atom is -0.493 e. The standard InChI is InChI=1S/C20H14F4N4O4S/c1-28-9-13(19(27-28)11-5-3-4-6-14(11)21)18-12-7-17(32-33(29,30)20(22,23)24)16(31-2)8-15(12)25-10-26-18/h3-10H,1-2H3. The largest absolute Gasteiger partial charge is 0.534 e. The Morgan fingerprint density at radius 2 is 1.73 bits per heavy atom.